The molecule has 2 rings (SSSR count). The average molecular weight is 323 g/mol. The van der Waals surface area contributed by atoms with Crippen LogP contribution in [0.15, 0.2) is 17.0 Å². The molecule has 0 radical (unpaired) electrons. The van der Waals surface area contributed by atoms with Crippen LogP contribution in [-0.4, -0.2) is 40.8 Å². The van der Waals surface area contributed by atoms with Crippen LogP contribution in [0.3, 0.4) is 0 Å². The van der Waals surface area contributed by atoms with Crippen LogP contribution in [0, 0.1) is 13.8 Å². The summed E-state index contributed by atoms with van der Waals surface area (Å²) in [6.07, 6.45) is 1.13. The Balaban J connectivity index is 2.43. The monoisotopic (exact) mass is 323 g/mol. The summed E-state index contributed by atoms with van der Waals surface area (Å²) in [4.78, 5) is 12.6. The Bertz CT molecular complexity index is 826. The quantitative estimate of drug-likeness (QED) is 0.898. The van der Waals surface area contributed by atoms with E-state index in [9.17, 15) is 13.2 Å². The van der Waals surface area contributed by atoms with Gasteiger partial charge in [0.05, 0.1) is 4.90 Å². The van der Waals surface area contributed by atoms with Crippen molar-refractivity contribution in [1.82, 2.24) is 20.2 Å². The van der Waals surface area contributed by atoms with Crippen LogP contribution < -0.4 is 5.32 Å². The summed E-state index contributed by atoms with van der Waals surface area (Å²) < 4.78 is 25.2. The first-order chi connectivity index (χ1) is 10.3. The largest absolute Gasteiger partial charge is 0.289 e. The lowest BCUT2D eigenvalue weighted by molar-refractivity contribution is 0.102. The van der Waals surface area contributed by atoms with E-state index in [1.165, 1.54) is 4.68 Å². The number of amides is 1. The maximum absolute atomic E-state index is 12.4. The van der Waals surface area contributed by atoms with Gasteiger partial charge >= 0.3 is 0 Å². The molecule has 1 aromatic carbocycles. The first-order valence-corrected chi connectivity index (χ1v) is 8.52. The zero-order chi connectivity index (χ0) is 16.5. The molecule has 1 amide bonds. The smallest absolute Gasteiger partial charge is 0.258 e. The third-order valence-electron chi connectivity index (χ3n) is 3.27. The van der Waals surface area contributed by atoms with Gasteiger partial charge < -0.3 is 0 Å². The summed E-state index contributed by atoms with van der Waals surface area (Å²) in [6.45, 7) is 5.65. The van der Waals surface area contributed by atoms with Crippen molar-refractivity contribution in [2.45, 2.75) is 32.2 Å². The number of nitrogens with zero attached hydrogens (tertiary/aromatic N) is 4. The SMILES string of the molecule is CCn1nnnc1NC(=O)c1ccc(C)c(S(C)(=O)=O)c1C. The molecule has 0 unspecified atom stereocenters. The van der Waals surface area contributed by atoms with Crippen molar-refractivity contribution in [3.05, 3.63) is 28.8 Å². The molecule has 0 saturated carbocycles. The molecular formula is C13H17N5O3S. The number of hydrogen-bond donors (Lipinski definition) is 1. The average Bonchev–Trinajstić information content (AvgIpc) is 2.84. The Kier molecular flexibility index (Phi) is 4.27. The lowest BCUT2D eigenvalue weighted by atomic mass is 10.1. The van der Waals surface area contributed by atoms with E-state index in [2.05, 4.69) is 20.8 Å². The van der Waals surface area contributed by atoms with Gasteiger partial charge in [-0.3, -0.25) is 10.1 Å². The van der Waals surface area contributed by atoms with Crippen LogP contribution >= 0.6 is 0 Å². The second kappa shape index (κ2) is 5.84. The fourth-order valence-corrected chi connectivity index (χ4v) is 3.64. The molecule has 0 aliphatic carbocycles. The zero-order valence-corrected chi connectivity index (χ0v) is 13.6. The molecule has 22 heavy (non-hydrogen) atoms. The van der Waals surface area contributed by atoms with Gasteiger partial charge in [-0.1, -0.05) is 11.2 Å². The van der Waals surface area contributed by atoms with E-state index >= 15 is 0 Å². The molecule has 9 heteroatoms. The lowest BCUT2D eigenvalue weighted by Crippen LogP contribution is -2.18. The summed E-state index contributed by atoms with van der Waals surface area (Å²) in [5.41, 5.74) is 1.29. The van der Waals surface area contributed by atoms with Crippen LogP contribution in [0.5, 0.6) is 0 Å². The highest BCUT2D eigenvalue weighted by atomic mass is 32.2. The van der Waals surface area contributed by atoms with Gasteiger partial charge in [0.2, 0.25) is 5.95 Å². The first-order valence-electron chi connectivity index (χ1n) is 6.63. The van der Waals surface area contributed by atoms with Gasteiger partial charge in [-0.25, -0.2) is 13.1 Å². The summed E-state index contributed by atoms with van der Waals surface area (Å²) in [6, 6.07) is 3.20. The maximum atomic E-state index is 12.4. The van der Waals surface area contributed by atoms with Crippen LogP contribution in [-0.2, 0) is 16.4 Å². The number of tetrazole rings is 1. The van der Waals surface area contributed by atoms with Crippen molar-refractivity contribution in [3.8, 4) is 0 Å². The topological polar surface area (TPSA) is 107 Å². The predicted molar refractivity (Wildman–Crippen MR) is 80.5 cm³/mol. The highest BCUT2D eigenvalue weighted by molar-refractivity contribution is 7.90. The molecule has 0 bridgehead atoms. The fourth-order valence-electron chi connectivity index (χ4n) is 2.32. The maximum Gasteiger partial charge on any atom is 0.258 e. The van der Waals surface area contributed by atoms with Gasteiger partial charge in [-0.15, -0.1) is 0 Å². The van der Waals surface area contributed by atoms with Crippen molar-refractivity contribution in [2.75, 3.05) is 11.6 Å². The molecule has 0 fully saturated rings. The standard InChI is InChI=1S/C13H17N5O3S/c1-5-18-13(15-16-17-18)14-12(19)10-7-6-8(2)11(9(10)3)22(4,20)21/h6-7H,5H2,1-4H3,(H,14,15,17,19). The number of hydrogen-bond acceptors (Lipinski definition) is 6. The van der Waals surface area contributed by atoms with E-state index in [-0.39, 0.29) is 16.4 Å². The van der Waals surface area contributed by atoms with Gasteiger partial charge in [-0.2, -0.15) is 0 Å². The molecular weight excluding hydrogens is 306 g/mol. The molecule has 0 spiro atoms. The molecule has 0 atom stereocenters. The number of sulfone groups is 1. The van der Waals surface area contributed by atoms with Gasteiger partial charge in [0.15, 0.2) is 9.84 Å². The van der Waals surface area contributed by atoms with Crippen LogP contribution in [0.2, 0.25) is 0 Å². The Morgan fingerprint density at radius 3 is 2.59 bits per heavy atom. The first kappa shape index (κ1) is 16.1. The summed E-state index contributed by atoms with van der Waals surface area (Å²) >= 11 is 0. The van der Waals surface area contributed by atoms with Gasteiger partial charge in [0.1, 0.15) is 0 Å². The van der Waals surface area contributed by atoms with E-state index in [1.54, 1.807) is 26.0 Å². The van der Waals surface area contributed by atoms with Crippen molar-refractivity contribution >= 4 is 21.7 Å². The Morgan fingerprint density at radius 1 is 1.32 bits per heavy atom. The van der Waals surface area contributed by atoms with E-state index in [1.807, 2.05) is 6.92 Å². The third kappa shape index (κ3) is 2.98. The number of anilines is 1. The number of aryl methyl sites for hydroxylation is 2. The van der Waals surface area contributed by atoms with Gasteiger partial charge in [0, 0.05) is 18.4 Å². The molecule has 2 aromatic rings. The van der Waals surface area contributed by atoms with E-state index in [0.717, 1.165) is 6.26 Å². The van der Waals surface area contributed by atoms with Gasteiger partial charge in [-0.05, 0) is 48.4 Å². The second-order valence-electron chi connectivity index (χ2n) is 4.93. The second-order valence-corrected chi connectivity index (χ2v) is 6.88. The van der Waals surface area contributed by atoms with Crippen molar-refractivity contribution in [3.63, 3.8) is 0 Å². The summed E-state index contributed by atoms with van der Waals surface area (Å²) in [7, 11) is -3.42. The van der Waals surface area contributed by atoms with Crippen molar-refractivity contribution < 1.29 is 13.2 Å². The normalized spacial score (nSPS) is 11.5. The highest BCUT2D eigenvalue weighted by Gasteiger charge is 2.21. The molecule has 0 saturated heterocycles. The number of nitrogens with one attached hydrogen (secondary N) is 1. The predicted octanol–water partition coefficient (Wildman–Crippen LogP) is 0.966. The van der Waals surface area contributed by atoms with E-state index < -0.39 is 15.7 Å². The fraction of sp³-hybridized carbons (Fsp3) is 0.385. The number of benzene rings is 1. The molecule has 0 aliphatic rings. The van der Waals surface area contributed by atoms with Crippen LogP contribution in [0.4, 0.5) is 5.95 Å². The third-order valence-corrected chi connectivity index (χ3v) is 4.64. The van der Waals surface area contributed by atoms with Crippen molar-refractivity contribution in [2.24, 2.45) is 0 Å². The minimum Gasteiger partial charge on any atom is -0.289 e. The minimum atomic E-state index is -3.42. The molecule has 1 N–H and O–H groups in total. The highest BCUT2D eigenvalue weighted by Crippen LogP contribution is 2.23. The van der Waals surface area contributed by atoms with E-state index in [4.69, 9.17) is 0 Å². The molecule has 1 aromatic heterocycles. The Hall–Kier alpha value is -2.29. The van der Waals surface area contributed by atoms with Crippen LogP contribution in [0.25, 0.3) is 0 Å². The number of rotatable bonds is 4. The minimum absolute atomic E-state index is 0.176. The zero-order valence-electron chi connectivity index (χ0n) is 12.8. The van der Waals surface area contributed by atoms with E-state index in [0.29, 0.717) is 17.7 Å². The number of carbonyl (C=O) groups excluding carboxylic acids is 1. The number of carbonyl (C=O) groups is 1. The summed E-state index contributed by atoms with van der Waals surface area (Å²) in [5, 5.41) is 13.5. The molecule has 0 aliphatic heterocycles. The van der Waals surface area contributed by atoms with Crippen LogP contribution in [0.1, 0.15) is 28.4 Å². The number of aromatic nitrogens is 4. The Labute approximate surface area is 128 Å². The summed E-state index contributed by atoms with van der Waals surface area (Å²) in [5.74, 6) is -0.236. The van der Waals surface area contributed by atoms with Crippen molar-refractivity contribution in [1.29, 1.82) is 0 Å². The molecule has 8 nitrogen and oxygen atoms in total. The van der Waals surface area contributed by atoms with Gasteiger partial charge in [0.25, 0.3) is 5.91 Å². The molecule has 1 heterocycles. The Morgan fingerprint density at radius 2 is 2.00 bits per heavy atom. The molecule has 118 valence electrons. The lowest BCUT2D eigenvalue weighted by Gasteiger charge is -2.12.